The van der Waals surface area contributed by atoms with Crippen LogP contribution in [-0.2, 0) is 34.6 Å². The van der Waals surface area contributed by atoms with E-state index in [9.17, 15) is 49.1 Å². The van der Waals surface area contributed by atoms with Gasteiger partial charge in [0, 0.05) is 19.5 Å². The predicted molar refractivity (Wildman–Crippen MR) is 130 cm³/mol. The molecule has 5 nitrogen and oxygen atoms in total. The topological polar surface area (TPSA) is 49.9 Å². The summed E-state index contributed by atoms with van der Waals surface area (Å²) in [5.74, 6) is -0.810. The molecule has 2 amide bonds. The number of carbonyl (C=O) groups excluding carboxylic acids is 2. The first kappa shape index (κ1) is 32.1. The molecule has 0 saturated heterocycles. The number of rotatable bonds is 4. The van der Waals surface area contributed by atoms with Crippen LogP contribution in [0.5, 0.6) is 0 Å². The number of hydrogen-bond acceptors (Lipinski definition) is 3. The number of benzene rings is 2. The van der Waals surface area contributed by atoms with Gasteiger partial charge in [0.1, 0.15) is 0 Å². The Kier molecular flexibility index (Phi) is 8.95. The number of ether oxygens (including phenoxy) is 1. The quantitative estimate of drug-likeness (QED) is 0.333. The monoisotopic (exact) mass is 598 g/mol. The zero-order chi connectivity index (χ0) is 31.1. The number of nitrogens with zero attached hydrogens (tertiary/aromatic N) is 2. The Labute approximate surface area is 229 Å². The van der Waals surface area contributed by atoms with Crippen LogP contribution in [0.25, 0.3) is 0 Å². The van der Waals surface area contributed by atoms with Crippen molar-refractivity contribution in [2.45, 2.75) is 83.8 Å². The zero-order valence-corrected chi connectivity index (χ0v) is 22.3. The molecule has 0 bridgehead atoms. The minimum absolute atomic E-state index is 0.0232. The van der Waals surface area contributed by atoms with Gasteiger partial charge in [0.05, 0.1) is 34.5 Å². The molecular formula is C27H27F9N2O3. The number of anilines is 1. The van der Waals surface area contributed by atoms with Gasteiger partial charge in [0.15, 0.2) is 0 Å². The molecule has 0 fully saturated rings. The highest BCUT2D eigenvalue weighted by Crippen LogP contribution is 2.44. The maximum atomic E-state index is 13.7. The van der Waals surface area contributed by atoms with Crippen LogP contribution in [0.15, 0.2) is 36.4 Å². The molecule has 0 radical (unpaired) electrons. The van der Waals surface area contributed by atoms with E-state index >= 15 is 0 Å². The van der Waals surface area contributed by atoms with Crippen LogP contribution in [0.4, 0.5) is 50.0 Å². The van der Waals surface area contributed by atoms with Crippen molar-refractivity contribution in [3.63, 3.8) is 0 Å². The summed E-state index contributed by atoms with van der Waals surface area (Å²) in [5.41, 5.74) is -5.00. The molecule has 2 aromatic rings. The van der Waals surface area contributed by atoms with Crippen LogP contribution in [0.3, 0.4) is 0 Å². The lowest BCUT2D eigenvalue weighted by Gasteiger charge is -2.33. The largest absolute Gasteiger partial charge is 0.446 e. The Hall–Kier alpha value is -3.45. The molecule has 1 heterocycles. The van der Waals surface area contributed by atoms with Gasteiger partial charge >= 0.3 is 24.6 Å². The second kappa shape index (κ2) is 11.4. The third-order valence-corrected chi connectivity index (χ3v) is 6.59. The summed E-state index contributed by atoms with van der Waals surface area (Å²) in [6.07, 6.45) is -16.5. The molecule has 0 saturated carbocycles. The molecule has 1 aliphatic heterocycles. The number of hydrogen-bond donors (Lipinski definition) is 0. The van der Waals surface area contributed by atoms with Gasteiger partial charge in [-0.25, -0.2) is 4.79 Å². The van der Waals surface area contributed by atoms with Gasteiger partial charge in [-0.05, 0) is 81.1 Å². The fourth-order valence-electron chi connectivity index (χ4n) is 4.75. The van der Waals surface area contributed by atoms with Crippen molar-refractivity contribution in [2.75, 3.05) is 4.90 Å². The summed E-state index contributed by atoms with van der Waals surface area (Å²) < 4.78 is 127. The van der Waals surface area contributed by atoms with Gasteiger partial charge in [-0.15, -0.1) is 0 Å². The third-order valence-electron chi connectivity index (χ3n) is 6.59. The Bertz CT molecular complexity index is 1250. The number of carbonyl (C=O) groups is 2. The molecule has 41 heavy (non-hydrogen) atoms. The van der Waals surface area contributed by atoms with Crippen molar-refractivity contribution in [2.24, 2.45) is 0 Å². The number of fused-ring (bicyclic) bond motifs is 1. The molecular weight excluding hydrogens is 571 g/mol. The zero-order valence-electron chi connectivity index (χ0n) is 22.3. The second-order valence-corrected chi connectivity index (χ2v) is 10.1. The Balaban J connectivity index is 2.20. The van der Waals surface area contributed by atoms with E-state index in [1.54, 1.807) is 20.8 Å². The number of alkyl halides is 9. The SMILES string of the molecule is CC(=O)N(Cc1cc(C(F)(F)F)cc(C(F)(F)F)c1)C1CCC(C)N(C(=O)OC(C)C)c2ccc(C(F)(F)F)cc21. The van der Waals surface area contributed by atoms with Crippen molar-refractivity contribution in [3.05, 3.63) is 64.2 Å². The van der Waals surface area contributed by atoms with E-state index in [0.717, 1.165) is 34.9 Å². The van der Waals surface area contributed by atoms with Gasteiger partial charge < -0.3 is 9.64 Å². The van der Waals surface area contributed by atoms with Gasteiger partial charge in [-0.1, -0.05) is 0 Å². The van der Waals surface area contributed by atoms with Crippen molar-refractivity contribution in [3.8, 4) is 0 Å². The van der Waals surface area contributed by atoms with Crippen LogP contribution >= 0.6 is 0 Å². The van der Waals surface area contributed by atoms with E-state index in [0.29, 0.717) is 12.1 Å². The molecule has 1 aliphatic rings. The van der Waals surface area contributed by atoms with Gasteiger partial charge in [0.2, 0.25) is 5.91 Å². The van der Waals surface area contributed by atoms with Crippen LogP contribution in [0.2, 0.25) is 0 Å². The average molecular weight is 599 g/mol. The second-order valence-electron chi connectivity index (χ2n) is 10.1. The highest BCUT2D eigenvalue weighted by Gasteiger charge is 2.40. The average Bonchev–Trinajstić information content (AvgIpc) is 2.95. The summed E-state index contributed by atoms with van der Waals surface area (Å²) >= 11 is 0. The molecule has 0 aromatic heterocycles. The van der Waals surface area contributed by atoms with E-state index in [-0.39, 0.29) is 30.2 Å². The lowest BCUT2D eigenvalue weighted by atomic mass is 9.96. The molecule has 2 aromatic carbocycles. The Morgan fingerprint density at radius 1 is 0.878 bits per heavy atom. The van der Waals surface area contributed by atoms with Crippen molar-refractivity contribution in [1.29, 1.82) is 0 Å². The van der Waals surface area contributed by atoms with Gasteiger partial charge in [-0.3, -0.25) is 9.69 Å². The first-order valence-electron chi connectivity index (χ1n) is 12.5. The van der Waals surface area contributed by atoms with Crippen LogP contribution in [-0.4, -0.2) is 29.0 Å². The normalized spacial score (nSPS) is 18.1. The van der Waals surface area contributed by atoms with E-state index < -0.39 is 77.5 Å². The van der Waals surface area contributed by atoms with E-state index in [1.165, 1.54) is 0 Å². The summed E-state index contributed by atoms with van der Waals surface area (Å²) in [5, 5.41) is 0. The summed E-state index contributed by atoms with van der Waals surface area (Å²) in [6.45, 7) is 4.97. The maximum absolute atomic E-state index is 13.7. The lowest BCUT2D eigenvalue weighted by Crippen LogP contribution is -2.40. The summed E-state index contributed by atoms with van der Waals surface area (Å²) in [6, 6.07) is 1.51. The van der Waals surface area contributed by atoms with Crippen LogP contribution < -0.4 is 4.90 Å². The number of amides is 2. The van der Waals surface area contributed by atoms with E-state index in [2.05, 4.69) is 0 Å². The first-order valence-corrected chi connectivity index (χ1v) is 12.5. The third kappa shape index (κ3) is 7.45. The molecule has 0 N–H and O–H groups in total. The smallest absolute Gasteiger partial charge is 0.416 e. The fourth-order valence-corrected chi connectivity index (χ4v) is 4.75. The predicted octanol–water partition coefficient (Wildman–Crippen LogP) is 8.37. The molecule has 3 rings (SSSR count). The Morgan fingerprint density at radius 3 is 1.88 bits per heavy atom. The van der Waals surface area contributed by atoms with Crippen LogP contribution in [0, 0.1) is 0 Å². The fraction of sp³-hybridized carbons (Fsp3) is 0.481. The summed E-state index contributed by atoms with van der Waals surface area (Å²) in [4.78, 5) is 27.8. The van der Waals surface area contributed by atoms with Gasteiger partial charge in [0.25, 0.3) is 0 Å². The van der Waals surface area contributed by atoms with E-state index in [4.69, 9.17) is 4.74 Å². The maximum Gasteiger partial charge on any atom is 0.416 e. The summed E-state index contributed by atoms with van der Waals surface area (Å²) in [7, 11) is 0. The lowest BCUT2D eigenvalue weighted by molar-refractivity contribution is -0.143. The van der Waals surface area contributed by atoms with Crippen molar-refractivity contribution >= 4 is 17.7 Å². The Morgan fingerprint density at radius 2 is 1.41 bits per heavy atom. The van der Waals surface area contributed by atoms with Crippen LogP contribution in [0.1, 0.15) is 74.4 Å². The highest BCUT2D eigenvalue weighted by atomic mass is 19.4. The molecule has 0 spiro atoms. The molecule has 2 atom stereocenters. The van der Waals surface area contributed by atoms with E-state index in [1.807, 2.05) is 0 Å². The minimum atomic E-state index is -5.14. The molecule has 0 aliphatic carbocycles. The van der Waals surface area contributed by atoms with Gasteiger partial charge in [-0.2, -0.15) is 39.5 Å². The van der Waals surface area contributed by atoms with Crippen molar-refractivity contribution < 1.29 is 53.8 Å². The minimum Gasteiger partial charge on any atom is -0.446 e. The highest BCUT2D eigenvalue weighted by molar-refractivity contribution is 5.90. The van der Waals surface area contributed by atoms with Crippen molar-refractivity contribution in [1.82, 2.24) is 4.90 Å². The molecule has 226 valence electrons. The standard InChI is InChI=1S/C27H27F9N2O3/c1-14(2)41-24(40)38-15(3)5-7-22(21-12-18(25(28,29)30)6-8-23(21)38)37(16(4)39)13-17-9-19(26(31,32)33)11-20(10-17)27(34,35)36/h6,8-12,14-15,22H,5,7,13H2,1-4H3. The molecule has 14 heteroatoms. The number of halogens is 9. The first-order chi connectivity index (χ1) is 18.7. The molecule has 2 unspecified atom stereocenters.